The van der Waals surface area contributed by atoms with Gasteiger partial charge in [0.2, 0.25) is 0 Å². The Morgan fingerprint density at radius 3 is 2.70 bits per heavy atom. The van der Waals surface area contributed by atoms with Crippen LogP contribution in [0.5, 0.6) is 0 Å². The predicted molar refractivity (Wildman–Crippen MR) is 82.5 cm³/mol. The third-order valence-corrected chi connectivity index (χ3v) is 3.54. The van der Waals surface area contributed by atoms with Crippen LogP contribution in [0.2, 0.25) is 0 Å². The first-order chi connectivity index (χ1) is 9.52. The Hall–Kier alpha value is -0.930. The van der Waals surface area contributed by atoms with Gasteiger partial charge in [0, 0.05) is 13.7 Å². The maximum atomic E-state index is 13.4. The molecule has 1 aromatic rings. The average Bonchev–Trinajstić information content (AvgIpc) is 2.38. The molecule has 0 amide bonds. The van der Waals surface area contributed by atoms with Crippen molar-refractivity contribution in [2.75, 3.05) is 26.8 Å². The zero-order valence-electron chi connectivity index (χ0n) is 13.2. The summed E-state index contributed by atoms with van der Waals surface area (Å²) in [6.07, 6.45) is 2.08. The first-order valence-electron chi connectivity index (χ1n) is 7.47. The number of hydrogen-bond donors (Lipinski definition) is 1. The van der Waals surface area contributed by atoms with Gasteiger partial charge in [-0.1, -0.05) is 19.9 Å². The van der Waals surface area contributed by atoms with E-state index in [4.69, 9.17) is 4.74 Å². The maximum absolute atomic E-state index is 13.4. The second-order valence-electron chi connectivity index (χ2n) is 5.97. The number of methoxy groups -OCH3 is 1. The molecule has 1 aromatic carbocycles. The summed E-state index contributed by atoms with van der Waals surface area (Å²) in [5.74, 6) is 1.05. The van der Waals surface area contributed by atoms with Gasteiger partial charge in [0.05, 0.1) is 6.61 Å². The summed E-state index contributed by atoms with van der Waals surface area (Å²) in [5, 5.41) is 3.43. The van der Waals surface area contributed by atoms with Crippen molar-refractivity contribution in [3.05, 3.63) is 35.1 Å². The standard InChI is InChI=1S/C17H28FNO/c1-13(2)9-15(12-19-7-8-20-4)10-16-11-17(18)6-5-14(16)3/h5-6,11,13,15,19H,7-10,12H2,1-4H3. The summed E-state index contributed by atoms with van der Waals surface area (Å²) in [5.41, 5.74) is 2.31. The molecular formula is C17H28FNO. The minimum atomic E-state index is -0.138. The van der Waals surface area contributed by atoms with Crippen molar-refractivity contribution < 1.29 is 9.13 Å². The van der Waals surface area contributed by atoms with Crippen LogP contribution in [0.1, 0.15) is 31.4 Å². The lowest BCUT2D eigenvalue weighted by Crippen LogP contribution is -2.28. The Bertz CT molecular complexity index is 393. The molecule has 1 rings (SSSR count). The van der Waals surface area contributed by atoms with Gasteiger partial charge in [-0.3, -0.25) is 0 Å². The SMILES string of the molecule is COCCNCC(Cc1cc(F)ccc1C)CC(C)C. The van der Waals surface area contributed by atoms with E-state index in [1.807, 2.05) is 6.07 Å². The topological polar surface area (TPSA) is 21.3 Å². The Kier molecular flexibility index (Phi) is 7.78. The van der Waals surface area contributed by atoms with Crippen LogP contribution in [0.3, 0.4) is 0 Å². The number of rotatable bonds is 9. The second-order valence-corrected chi connectivity index (χ2v) is 5.97. The lowest BCUT2D eigenvalue weighted by molar-refractivity contribution is 0.197. The number of halogens is 1. The summed E-state index contributed by atoms with van der Waals surface area (Å²) >= 11 is 0. The highest BCUT2D eigenvalue weighted by atomic mass is 19.1. The van der Waals surface area contributed by atoms with E-state index in [0.717, 1.165) is 38.1 Å². The molecule has 0 aromatic heterocycles. The van der Waals surface area contributed by atoms with Crippen LogP contribution in [-0.4, -0.2) is 26.8 Å². The van der Waals surface area contributed by atoms with E-state index in [-0.39, 0.29) is 5.82 Å². The van der Waals surface area contributed by atoms with Crippen molar-refractivity contribution in [3.8, 4) is 0 Å². The van der Waals surface area contributed by atoms with Gasteiger partial charge in [0.25, 0.3) is 0 Å². The minimum absolute atomic E-state index is 0.138. The second kappa shape index (κ2) is 9.09. The predicted octanol–water partition coefficient (Wildman–Crippen LogP) is 3.57. The molecule has 114 valence electrons. The van der Waals surface area contributed by atoms with Gasteiger partial charge in [0.1, 0.15) is 5.82 Å². The molecule has 0 saturated carbocycles. The van der Waals surface area contributed by atoms with Crippen molar-refractivity contribution in [2.24, 2.45) is 11.8 Å². The third kappa shape index (κ3) is 6.49. The van der Waals surface area contributed by atoms with Gasteiger partial charge in [-0.25, -0.2) is 4.39 Å². The summed E-state index contributed by atoms with van der Waals surface area (Å²) in [7, 11) is 1.71. The van der Waals surface area contributed by atoms with Crippen molar-refractivity contribution in [3.63, 3.8) is 0 Å². The molecule has 1 unspecified atom stereocenters. The monoisotopic (exact) mass is 281 g/mol. The fourth-order valence-corrected chi connectivity index (χ4v) is 2.56. The normalized spacial score (nSPS) is 12.9. The summed E-state index contributed by atoms with van der Waals surface area (Å²) in [4.78, 5) is 0. The molecular weight excluding hydrogens is 253 g/mol. The van der Waals surface area contributed by atoms with Crippen molar-refractivity contribution in [1.82, 2.24) is 5.32 Å². The molecule has 1 N–H and O–H groups in total. The largest absolute Gasteiger partial charge is 0.383 e. The third-order valence-electron chi connectivity index (χ3n) is 3.54. The number of aryl methyl sites for hydroxylation is 1. The minimum Gasteiger partial charge on any atom is -0.383 e. The molecule has 20 heavy (non-hydrogen) atoms. The molecule has 0 heterocycles. The smallest absolute Gasteiger partial charge is 0.123 e. The van der Waals surface area contributed by atoms with Crippen LogP contribution in [0.15, 0.2) is 18.2 Å². The van der Waals surface area contributed by atoms with Gasteiger partial charge >= 0.3 is 0 Å². The fourth-order valence-electron chi connectivity index (χ4n) is 2.56. The Morgan fingerprint density at radius 1 is 1.30 bits per heavy atom. The quantitative estimate of drug-likeness (QED) is 0.699. The van der Waals surface area contributed by atoms with E-state index < -0.39 is 0 Å². The molecule has 0 fully saturated rings. The molecule has 0 aliphatic carbocycles. The van der Waals surface area contributed by atoms with E-state index in [1.165, 1.54) is 11.6 Å². The highest BCUT2D eigenvalue weighted by molar-refractivity contribution is 5.27. The molecule has 0 spiro atoms. The van der Waals surface area contributed by atoms with E-state index in [9.17, 15) is 4.39 Å². The van der Waals surface area contributed by atoms with E-state index >= 15 is 0 Å². The van der Waals surface area contributed by atoms with Gasteiger partial charge in [0.15, 0.2) is 0 Å². The van der Waals surface area contributed by atoms with Crippen LogP contribution < -0.4 is 5.32 Å². The molecule has 0 bridgehead atoms. The Morgan fingerprint density at radius 2 is 2.05 bits per heavy atom. The van der Waals surface area contributed by atoms with Crippen molar-refractivity contribution in [1.29, 1.82) is 0 Å². The van der Waals surface area contributed by atoms with Crippen LogP contribution >= 0.6 is 0 Å². The van der Waals surface area contributed by atoms with Gasteiger partial charge in [-0.05, 0) is 61.4 Å². The molecule has 0 aliphatic heterocycles. The van der Waals surface area contributed by atoms with Gasteiger partial charge in [-0.2, -0.15) is 0 Å². The first kappa shape index (κ1) is 17.1. The highest BCUT2D eigenvalue weighted by Gasteiger charge is 2.13. The molecule has 0 aliphatic rings. The lowest BCUT2D eigenvalue weighted by Gasteiger charge is -2.21. The van der Waals surface area contributed by atoms with E-state index in [0.29, 0.717) is 11.8 Å². The first-order valence-corrected chi connectivity index (χ1v) is 7.47. The van der Waals surface area contributed by atoms with Gasteiger partial charge < -0.3 is 10.1 Å². The summed E-state index contributed by atoms with van der Waals surface area (Å²) in [6.45, 7) is 9.08. The Balaban J connectivity index is 2.60. The molecule has 1 atom stereocenters. The average molecular weight is 281 g/mol. The Labute approximate surface area is 122 Å². The van der Waals surface area contributed by atoms with Crippen LogP contribution in [0.25, 0.3) is 0 Å². The summed E-state index contributed by atoms with van der Waals surface area (Å²) in [6, 6.07) is 5.08. The molecule has 3 heteroatoms. The van der Waals surface area contributed by atoms with Crippen molar-refractivity contribution >= 4 is 0 Å². The number of benzene rings is 1. The van der Waals surface area contributed by atoms with Crippen LogP contribution in [0, 0.1) is 24.6 Å². The van der Waals surface area contributed by atoms with Gasteiger partial charge in [-0.15, -0.1) is 0 Å². The molecule has 2 nitrogen and oxygen atoms in total. The lowest BCUT2D eigenvalue weighted by atomic mass is 9.89. The highest BCUT2D eigenvalue weighted by Crippen LogP contribution is 2.20. The molecule has 0 radical (unpaired) electrons. The fraction of sp³-hybridized carbons (Fsp3) is 0.647. The zero-order valence-corrected chi connectivity index (χ0v) is 13.2. The molecule has 0 saturated heterocycles. The summed E-state index contributed by atoms with van der Waals surface area (Å²) < 4.78 is 18.4. The van der Waals surface area contributed by atoms with Crippen LogP contribution in [-0.2, 0) is 11.2 Å². The van der Waals surface area contributed by atoms with E-state index in [2.05, 4.69) is 26.1 Å². The number of hydrogen-bond acceptors (Lipinski definition) is 2. The maximum Gasteiger partial charge on any atom is 0.123 e. The van der Waals surface area contributed by atoms with Crippen molar-refractivity contribution in [2.45, 2.75) is 33.6 Å². The number of ether oxygens (including phenoxy) is 1. The zero-order chi connectivity index (χ0) is 15.0. The van der Waals surface area contributed by atoms with Crippen LogP contribution in [0.4, 0.5) is 4.39 Å². The number of nitrogens with one attached hydrogen (secondary N) is 1. The van der Waals surface area contributed by atoms with E-state index in [1.54, 1.807) is 13.2 Å².